The molecule has 1 atom stereocenters. The van der Waals surface area contributed by atoms with E-state index >= 15 is 0 Å². The molecule has 4 nitrogen and oxygen atoms in total. The molecule has 0 radical (unpaired) electrons. The summed E-state index contributed by atoms with van der Waals surface area (Å²) in [5, 5.41) is -0.251. The molecule has 5 rings (SSSR count). The first kappa shape index (κ1) is 17.0. The second kappa shape index (κ2) is 6.67. The minimum Gasteiger partial charge on any atom is -0.273 e. The van der Waals surface area contributed by atoms with E-state index in [1.54, 1.807) is 0 Å². The molecule has 25 heavy (non-hydrogen) atoms. The molecule has 1 unspecified atom stereocenters. The van der Waals surface area contributed by atoms with Crippen molar-refractivity contribution in [2.75, 3.05) is 0 Å². The third-order valence-corrected chi connectivity index (χ3v) is 7.36. The van der Waals surface area contributed by atoms with Gasteiger partial charge in [-0.25, -0.2) is 0 Å². The highest BCUT2D eigenvalue weighted by molar-refractivity contribution is 8.00. The number of amides is 2. The van der Waals surface area contributed by atoms with Crippen LogP contribution < -0.4 is 10.9 Å². The molecule has 4 saturated carbocycles. The summed E-state index contributed by atoms with van der Waals surface area (Å²) in [4.78, 5) is 26.2. The number of benzene rings is 1. The van der Waals surface area contributed by atoms with Crippen molar-refractivity contribution in [3.8, 4) is 0 Å². The van der Waals surface area contributed by atoms with Crippen LogP contribution in [0.3, 0.4) is 0 Å². The quantitative estimate of drug-likeness (QED) is 0.639. The first-order valence-corrected chi connectivity index (χ1v) is 10.2. The van der Waals surface area contributed by atoms with Crippen LogP contribution in [-0.4, -0.2) is 17.1 Å². The standard InChI is InChI=1S/C20H26N2O2S/c1-13(25-17-5-3-2-4-6-17)18(23)21-22-19(24)20-10-14-7-15(11-20)9-16(8-14)12-20/h2-6,13-16H,7-12H2,1H3,(H,21,23)(H,22,24). The van der Waals surface area contributed by atoms with Crippen molar-refractivity contribution in [2.24, 2.45) is 23.2 Å². The van der Waals surface area contributed by atoms with Crippen LogP contribution in [-0.2, 0) is 9.59 Å². The van der Waals surface area contributed by atoms with Crippen molar-refractivity contribution in [3.05, 3.63) is 30.3 Å². The highest BCUT2D eigenvalue weighted by Crippen LogP contribution is 2.60. The number of hydrogen-bond acceptors (Lipinski definition) is 3. The number of carbonyl (C=O) groups is 2. The van der Waals surface area contributed by atoms with Crippen LogP contribution in [0.1, 0.15) is 45.4 Å². The van der Waals surface area contributed by atoms with E-state index < -0.39 is 0 Å². The van der Waals surface area contributed by atoms with Gasteiger partial charge in [0.05, 0.1) is 10.7 Å². The summed E-state index contributed by atoms with van der Waals surface area (Å²) in [6, 6.07) is 9.86. The van der Waals surface area contributed by atoms with Crippen molar-refractivity contribution >= 4 is 23.6 Å². The molecule has 1 aromatic rings. The van der Waals surface area contributed by atoms with Gasteiger partial charge >= 0.3 is 0 Å². The Bertz CT molecular complexity index is 626. The van der Waals surface area contributed by atoms with E-state index in [0.29, 0.717) is 0 Å². The number of rotatable bonds is 4. The van der Waals surface area contributed by atoms with E-state index in [9.17, 15) is 9.59 Å². The summed E-state index contributed by atoms with van der Waals surface area (Å²) in [6.45, 7) is 1.86. The van der Waals surface area contributed by atoms with Crippen molar-refractivity contribution in [3.63, 3.8) is 0 Å². The average molecular weight is 359 g/mol. The van der Waals surface area contributed by atoms with E-state index in [2.05, 4.69) is 10.9 Å². The Hall–Kier alpha value is -1.49. The molecule has 0 aliphatic heterocycles. The Morgan fingerprint density at radius 1 is 1.00 bits per heavy atom. The summed E-state index contributed by atoms with van der Waals surface area (Å²) >= 11 is 1.50. The highest BCUT2D eigenvalue weighted by Gasteiger charge is 2.54. The number of carbonyl (C=O) groups excluding carboxylic acids is 2. The van der Waals surface area contributed by atoms with E-state index in [0.717, 1.165) is 41.9 Å². The van der Waals surface area contributed by atoms with E-state index in [-0.39, 0.29) is 22.5 Å². The van der Waals surface area contributed by atoms with Crippen LogP contribution in [0.25, 0.3) is 0 Å². The summed E-state index contributed by atoms with van der Waals surface area (Å²) in [6.07, 6.45) is 6.95. The third kappa shape index (κ3) is 3.43. The van der Waals surface area contributed by atoms with E-state index in [4.69, 9.17) is 0 Å². The molecule has 0 spiro atoms. The SMILES string of the molecule is CC(Sc1ccccc1)C(=O)NNC(=O)C12CC3CC(CC(C3)C1)C2. The molecule has 2 amide bonds. The fourth-order valence-corrected chi connectivity index (χ4v) is 6.39. The van der Waals surface area contributed by atoms with Crippen molar-refractivity contribution < 1.29 is 9.59 Å². The van der Waals surface area contributed by atoms with E-state index in [1.807, 2.05) is 37.3 Å². The van der Waals surface area contributed by atoms with Gasteiger partial charge in [-0.05, 0) is 75.3 Å². The molecule has 5 heteroatoms. The molecule has 4 aliphatic rings. The maximum atomic E-state index is 12.8. The summed E-state index contributed by atoms with van der Waals surface area (Å²) in [7, 11) is 0. The predicted molar refractivity (Wildman–Crippen MR) is 98.7 cm³/mol. The number of hydrazine groups is 1. The maximum Gasteiger partial charge on any atom is 0.251 e. The molecule has 134 valence electrons. The van der Waals surface area contributed by atoms with Gasteiger partial charge in [-0.3, -0.25) is 20.4 Å². The van der Waals surface area contributed by atoms with Gasteiger partial charge in [-0.2, -0.15) is 0 Å². The van der Waals surface area contributed by atoms with Crippen molar-refractivity contribution in [2.45, 2.75) is 55.6 Å². The first-order valence-electron chi connectivity index (χ1n) is 9.36. The first-order chi connectivity index (χ1) is 12.0. The zero-order valence-corrected chi connectivity index (χ0v) is 15.5. The lowest BCUT2D eigenvalue weighted by Gasteiger charge is -2.55. The van der Waals surface area contributed by atoms with Crippen LogP contribution in [0, 0.1) is 23.2 Å². The highest BCUT2D eigenvalue weighted by atomic mass is 32.2. The van der Waals surface area contributed by atoms with Gasteiger partial charge in [0.1, 0.15) is 0 Å². The molecule has 0 aromatic heterocycles. The Labute approximate surface area is 153 Å². The molecule has 0 saturated heterocycles. The van der Waals surface area contributed by atoms with Gasteiger partial charge < -0.3 is 0 Å². The van der Waals surface area contributed by atoms with Crippen LogP contribution in [0.5, 0.6) is 0 Å². The van der Waals surface area contributed by atoms with Gasteiger partial charge in [-0.1, -0.05) is 18.2 Å². The van der Waals surface area contributed by atoms with Crippen LogP contribution in [0.15, 0.2) is 35.2 Å². The molecule has 2 N–H and O–H groups in total. The zero-order valence-electron chi connectivity index (χ0n) is 14.7. The average Bonchev–Trinajstić information content (AvgIpc) is 2.59. The van der Waals surface area contributed by atoms with Crippen molar-refractivity contribution in [1.29, 1.82) is 0 Å². The van der Waals surface area contributed by atoms with Crippen LogP contribution in [0.4, 0.5) is 0 Å². The fraction of sp³-hybridized carbons (Fsp3) is 0.600. The molecule has 0 heterocycles. The molecule has 1 aromatic carbocycles. The Morgan fingerprint density at radius 2 is 1.56 bits per heavy atom. The van der Waals surface area contributed by atoms with Crippen molar-refractivity contribution in [1.82, 2.24) is 10.9 Å². The fourth-order valence-electron chi connectivity index (χ4n) is 5.50. The van der Waals surface area contributed by atoms with Gasteiger partial charge in [0.15, 0.2) is 0 Å². The summed E-state index contributed by atoms with van der Waals surface area (Å²) in [5.74, 6) is 2.06. The Kier molecular flexibility index (Phi) is 4.52. The maximum absolute atomic E-state index is 12.8. The smallest absolute Gasteiger partial charge is 0.251 e. The topological polar surface area (TPSA) is 58.2 Å². The molecule has 4 fully saturated rings. The summed E-state index contributed by atoms with van der Waals surface area (Å²) < 4.78 is 0. The van der Waals surface area contributed by atoms with Gasteiger partial charge in [0, 0.05) is 4.90 Å². The third-order valence-electron chi connectivity index (χ3n) is 6.24. The Balaban J connectivity index is 1.32. The lowest BCUT2D eigenvalue weighted by Crippen LogP contribution is -2.57. The molecular weight excluding hydrogens is 332 g/mol. The van der Waals surface area contributed by atoms with Gasteiger partial charge in [0.2, 0.25) is 5.91 Å². The lowest BCUT2D eigenvalue weighted by atomic mass is 9.49. The number of hydrogen-bond donors (Lipinski definition) is 2. The second-order valence-corrected chi connectivity index (χ2v) is 9.63. The molecule has 4 bridgehead atoms. The van der Waals surface area contributed by atoms with Crippen LogP contribution in [0.2, 0.25) is 0 Å². The lowest BCUT2D eigenvalue weighted by molar-refractivity contribution is -0.148. The zero-order chi connectivity index (χ0) is 17.4. The summed E-state index contributed by atoms with van der Waals surface area (Å²) in [5.41, 5.74) is 5.20. The minimum absolute atomic E-state index is 0.0388. The number of nitrogens with one attached hydrogen (secondary N) is 2. The Morgan fingerprint density at radius 3 is 2.12 bits per heavy atom. The molecule has 4 aliphatic carbocycles. The van der Waals surface area contributed by atoms with Crippen LogP contribution >= 0.6 is 11.8 Å². The monoisotopic (exact) mass is 358 g/mol. The minimum atomic E-state index is -0.251. The van der Waals surface area contributed by atoms with Gasteiger partial charge in [0.25, 0.3) is 5.91 Å². The second-order valence-electron chi connectivity index (χ2n) is 8.21. The molecular formula is C20H26N2O2S. The largest absolute Gasteiger partial charge is 0.273 e. The van der Waals surface area contributed by atoms with Gasteiger partial charge in [-0.15, -0.1) is 11.8 Å². The number of thioether (sulfide) groups is 1. The predicted octanol–water partition coefficient (Wildman–Crippen LogP) is 3.53. The normalized spacial score (nSPS) is 33.7. The van der Waals surface area contributed by atoms with E-state index in [1.165, 1.54) is 31.0 Å².